The highest BCUT2D eigenvalue weighted by Gasteiger charge is 2.37. The molecule has 6 nitrogen and oxygen atoms in total. The third kappa shape index (κ3) is 2.74. The number of nitrogens with zero attached hydrogens (tertiary/aromatic N) is 2. The Labute approximate surface area is 132 Å². The number of carbonyl (C=O) groups is 2. The van der Waals surface area contributed by atoms with E-state index in [4.69, 9.17) is 4.74 Å². The topological polar surface area (TPSA) is 61.9 Å². The molecular weight excluding hydrogens is 308 g/mol. The van der Waals surface area contributed by atoms with E-state index in [2.05, 4.69) is 5.32 Å². The first-order chi connectivity index (χ1) is 11.0. The summed E-state index contributed by atoms with van der Waals surface area (Å²) in [6.45, 7) is 2.31. The molecule has 0 bridgehead atoms. The number of hydrogen-bond donors (Lipinski definition) is 1. The maximum atomic E-state index is 14.1. The molecular formula is C15H17F2N3O3. The molecule has 1 aromatic rings. The van der Waals surface area contributed by atoms with Crippen molar-refractivity contribution in [2.45, 2.75) is 6.04 Å². The lowest BCUT2D eigenvalue weighted by Gasteiger charge is -2.43. The lowest BCUT2D eigenvalue weighted by molar-refractivity contribution is -0.131. The number of fused-ring (bicyclic) bond motifs is 1. The van der Waals surface area contributed by atoms with E-state index in [0.717, 1.165) is 12.6 Å². The summed E-state index contributed by atoms with van der Waals surface area (Å²) in [6, 6.07) is 1.68. The van der Waals surface area contributed by atoms with Gasteiger partial charge in [-0.15, -0.1) is 0 Å². The number of carbonyl (C=O) groups excluding carboxylic acids is 2. The number of amides is 2. The standard InChI is InChI=1S/C15H17F2N3O3/c1-23-11-3-2-9(16)13(17)12(11)15(22)20-7-6-19-5-4-18-14(21)10(19)8-20/h2-3,10H,4-8H2,1H3,(H,18,21). The van der Waals surface area contributed by atoms with Crippen LogP contribution in [-0.2, 0) is 4.79 Å². The zero-order chi connectivity index (χ0) is 16.6. The van der Waals surface area contributed by atoms with Gasteiger partial charge in [-0.2, -0.15) is 0 Å². The van der Waals surface area contributed by atoms with Crippen molar-refractivity contribution in [2.75, 3.05) is 39.8 Å². The van der Waals surface area contributed by atoms with Crippen LogP contribution in [0.25, 0.3) is 0 Å². The van der Waals surface area contributed by atoms with Crippen LogP contribution in [0.2, 0.25) is 0 Å². The minimum atomic E-state index is -1.23. The number of halogens is 2. The number of piperazine rings is 2. The molecule has 1 N–H and O–H groups in total. The predicted molar refractivity (Wildman–Crippen MR) is 77.2 cm³/mol. The minimum absolute atomic E-state index is 0.0237. The van der Waals surface area contributed by atoms with Crippen molar-refractivity contribution in [3.05, 3.63) is 29.3 Å². The molecule has 8 heteroatoms. The van der Waals surface area contributed by atoms with Gasteiger partial charge in [-0.05, 0) is 12.1 Å². The first kappa shape index (κ1) is 15.7. The van der Waals surface area contributed by atoms with Crippen molar-refractivity contribution < 1.29 is 23.1 Å². The second-order valence-corrected chi connectivity index (χ2v) is 5.53. The molecule has 2 amide bonds. The largest absolute Gasteiger partial charge is 0.496 e. The molecule has 1 aromatic carbocycles. The average molecular weight is 325 g/mol. The van der Waals surface area contributed by atoms with E-state index in [0.29, 0.717) is 19.6 Å². The Morgan fingerprint density at radius 2 is 2.09 bits per heavy atom. The molecule has 2 saturated heterocycles. The van der Waals surface area contributed by atoms with Crippen LogP contribution in [0.3, 0.4) is 0 Å². The number of benzene rings is 1. The minimum Gasteiger partial charge on any atom is -0.496 e. The highest BCUT2D eigenvalue weighted by molar-refractivity contribution is 5.98. The highest BCUT2D eigenvalue weighted by atomic mass is 19.2. The molecule has 0 aromatic heterocycles. The Morgan fingerprint density at radius 3 is 2.83 bits per heavy atom. The Bertz CT molecular complexity index is 653. The van der Waals surface area contributed by atoms with Gasteiger partial charge in [0.15, 0.2) is 11.6 Å². The van der Waals surface area contributed by atoms with Gasteiger partial charge in [-0.3, -0.25) is 14.5 Å². The lowest BCUT2D eigenvalue weighted by atomic mass is 10.1. The molecule has 1 atom stereocenters. The van der Waals surface area contributed by atoms with Crippen LogP contribution in [0.15, 0.2) is 12.1 Å². The summed E-state index contributed by atoms with van der Waals surface area (Å²) < 4.78 is 32.5. The molecule has 2 heterocycles. The van der Waals surface area contributed by atoms with E-state index >= 15 is 0 Å². The van der Waals surface area contributed by atoms with Crippen LogP contribution >= 0.6 is 0 Å². The lowest BCUT2D eigenvalue weighted by Crippen LogP contribution is -2.64. The van der Waals surface area contributed by atoms with E-state index < -0.39 is 29.1 Å². The molecule has 2 fully saturated rings. The molecule has 0 saturated carbocycles. The zero-order valence-electron chi connectivity index (χ0n) is 12.6. The van der Waals surface area contributed by atoms with E-state index in [9.17, 15) is 18.4 Å². The van der Waals surface area contributed by atoms with Gasteiger partial charge in [0.2, 0.25) is 5.91 Å². The van der Waals surface area contributed by atoms with Crippen LogP contribution < -0.4 is 10.1 Å². The summed E-state index contributed by atoms with van der Waals surface area (Å²) in [5.74, 6) is -3.19. The normalized spacial score (nSPS) is 21.6. The predicted octanol–water partition coefficient (Wildman–Crippen LogP) is 0.230. The number of methoxy groups -OCH3 is 1. The van der Waals surface area contributed by atoms with Crippen LogP contribution in [0.1, 0.15) is 10.4 Å². The van der Waals surface area contributed by atoms with Crippen LogP contribution in [0.4, 0.5) is 8.78 Å². The van der Waals surface area contributed by atoms with Crippen molar-refractivity contribution in [3.8, 4) is 5.75 Å². The Hall–Kier alpha value is -2.22. The van der Waals surface area contributed by atoms with Crippen LogP contribution in [-0.4, -0.2) is 67.5 Å². The van der Waals surface area contributed by atoms with Gasteiger partial charge in [0.05, 0.1) is 7.11 Å². The smallest absolute Gasteiger partial charge is 0.260 e. The van der Waals surface area contributed by atoms with Gasteiger partial charge in [-0.1, -0.05) is 0 Å². The number of rotatable bonds is 2. The third-order valence-electron chi connectivity index (χ3n) is 4.27. The maximum Gasteiger partial charge on any atom is 0.260 e. The second-order valence-electron chi connectivity index (χ2n) is 5.53. The SMILES string of the molecule is COc1ccc(F)c(F)c1C(=O)N1CCN2CCNC(=O)C2C1. The summed E-state index contributed by atoms with van der Waals surface area (Å²) in [5, 5.41) is 2.75. The number of ether oxygens (including phenoxy) is 1. The van der Waals surface area contributed by atoms with Crippen molar-refractivity contribution in [1.82, 2.24) is 15.1 Å². The van der Waals surface area contributed by atoms with Gasteiger partial charge >= 0.3 is 0 Å². The third-order valence-corrected chi connectivity index (χ3v) is 4.27. The van der Waals surface area contributed by atoms with Gasteiger partial charge in [0, 0.05) is 32.7 Å². The summed E-state index contributed by atoms with van der Waals surface area (Å²) >= 11 is 0. The molecule has 0 spiro atoms. The van der Waals surface area contributed by atoms with Crippen molar-refractivity contribution in [2.24, 2.45) is 0 Å². The first-order valence-corrected chi connectivity index (χ1v) is 7.36. The fraction of sp³-hybridized carbons (Fsp3) is 0.467. The number of nitrogens with one attached hydrogen (secondary N) is 1. The summed E-state index contributed by atoms with van der Waals surface area (Å²) in [4.78, 5) is 27.9. The molecule has 3 rings (SSSR count). The van der Waals surface area contributed by atoms with Crippen LogP contribution in [0.5, 0.6) is 5.75 Å². The Kier molecular flexibility index (Phi) is 4.16. The highest BCUT2D eigenvalue weighted by Crippen LogP contribution is 2.26. The van der Waals surface area contributed by atoms with Gasteiger partial charge < -0.3 is 15.0 Å². The fourth-order valence-electron chi connectivity index (χ4n) is 3.02. The molecule has 23 heavy (non-hydrogen) atoms. The van der Waals surface area contributed by atoms with Gasteiger partial charge in [0.1, 0.15) is 17.4 Å². The molecule has 0 aliphatic carbocycles. The quantitative estimate of drug-likeness (QED) is 0.846. The van der Waals surface area contributed by atoms with E-state index in [-0.39, 0.29) is 18.2 Å². The second kappa shape index (κ2) is 6.11. The van der Waals surface area contributed by atoms with Gasteiger partial charge in [-0.25, -0.2) is 8.78 Å². The molecule has 124 valence electrons. The monoisotopic (exact) mass is 325 g/mol. The average Bonchev–Trinajstić information content (AvgIpc) is 2.56. The first-order valence-electron chi connectivity index (χ1n) is 7.36. The Balaban J connectivity index is 1.87. The summed E-state index contributed by atoms with van der Waals surface area (Å²) in [6.07, 6.45) is 0. The molecule has 1 unspecified atom stereocenters. The summed E-state index contributed by atoms with van der Waals surface area (Å²) in [5.41, 5.74) is -0.433. The summed E-state index contributed by atoms with van der Waals surface area (Å²) in [7, 11) is 1.29. The van der Waals surface area contributed by atoms with Crippen molar-refractivity contribution in [3.63, 3.8) is 0 Å². The molecule has 2 aliphatic rings. The van der Waals surface area contributed by atoms with E-state index in [1.807, 2.05) is 4.90 Å². The van der Waals surface area contributed by atoms with Crippen molar-refractivity contribution >= 4 is 11.8 Å². The molecule has 2 aliphatic heterocycles. The van der Waals surface area contributed by atoms with E-state index in [1.54, 1.807) is 0 Å². The van der Waals surface area contributed by atoms with Crippen molar-refractivity contribution in [1.29, 1.82) is 0 Å². The van der Waals surface area contributed by atoms with Gasteiger partial charge in [0.25, 0.3) is 5.91 Å². The molecule has 0 radical (unpaired) electrons. The van der Waals surface area contributed by atoms with Crippen LogP contribution in [0, 0.1) is 11.6 Å². The number of hydrogen-bond acceptors (Lipinski definition) is 4. The maximum absolute atomic E-state index is 14.1. The van der Waals surface area contributed by atoms with E-state index in [1.165, 1.54) is 18.1 Å². The Morgan fingerprint density at radius 1 is 1.30 bits per heavy atom. The zero-order valence-corrected chi connectivity index (χ0v) is 12.6. The fourth-order valence-corrected chi connectivity index (χ4v) is 3.02.